The topological polar surface area (TPSA) is 63.9 Å². The standard InChI is InChI=1S/C14H17N5O/c1-11-8-17-19(10-11)13-3-6-18(7-4-13)14(20)12-2-5-15-16-9-12/h2,5,8-10,13H,3-4,6-7H2,1H3. The molecule has 0 unspecified atom stereocenters. The average molecular weight is 271 g/mol. The Morgan fingerprint density at radius 2 is 2.05 bits per heavy atom. The number of carbonyl (C=O) groups is 1. The Hall–Kier alpha value is -2.24. The van der Waals surface area contributed by atoms with Gasteiger partial charge in [0.2, 0.25) is 0 Å². The molecule has 2 aromatic heterocycles. The van der Waals surface area contributed by atoms with Crippen LogP contribution in [0.25, 0.3) is 0 Å². The number of nitrogens with zero attached hydrogens (tertiary/aromatic N) is 5. The highest BCUT2D eigenvalue weighted by Gasteiger charge is 2.24. The van der Waals surface area contributed by atoms with Crippen molar-refractivity contribution >= 4 is 5.91 Å². The van der Waals surface area contributed by atoms with Crippen LogP contribution < -0.4 is 0 Å². The number of hydrogen-bond acceptors (Lipinski definition) is 4. The number of carbonyl (C=O) groups excluding carboxylic acids is 1. The predicted molar refractivity (Wildman–Crippen MR) is 73.2 cm³/mol. The average Bonchev–Trinajstić information content (AvgIpc) is 2.94. The van der Waals surface area contributed by atoms with Crippen LogP contribution in [-0.4, -0.2) is 43.9 Å². The van der Waals surface area contributed by atoms with Crippen molar-refractivity contribution in [2.24, 2.45) is 0 Å². The Morgan fingerprint density at radius 3 is 2.65 bits per heavy atom. The lowest BCUT2D eigenvalue weighted by atomic mass is 10.0. The van der Waals surface area contributed by atoms with Gasteiger partial charge in [0.1, 0.15) is 0 Å². The largest absolute Gasteiger partial charge is 0.338 e. The number of hydrogen-bond donors (Lipinski definition) is 0. The van der Waals surface area contributed by atoms with Gasteiger partial charge >= 0.3 is 0 Å². The SMILES string of the molecule is Cc1cnn(C2CCN(C(=O)c3ccnnc3)CC2)c1. The van der Waals surface area contributed by atoms with E-state index < -0.39 is 0 Å². The van der Waals surface area contributed by atoms with E-state index in [-0.39, 0.29) is 5.91 Å². The van der Waals surface area contributed by atoms with E-state index in [1.165, 1.54) is 11.8 Å². The van der Waals surface area contributed by atoms with Crippen LogP contribution in [0.4, 0.5) is 0 Å². The Bertz CT molecular complexity index is 587. The molecule has 1 aliphatic heterocycles. The molecule has 6 heteroatoms. The van der Waals surface area contributed by atoms with Crippen LogP contribution in [0, 0.1) is 6.92 Å². The van der Waals surface area contributed by atoms with Gasteiger partial charge in [0, 0.05) is 19.3 Å². The van der Waals surface area contributed by atoms with E-state index in [4.69, 9.17) is 0 Å². The highest BCUT2D eigenvalue weighted by Crippen LogP contribution is 2.23. The maximum absolute atomic E-state index is 12.3. The van der Waals surface area contributed by atoms with E-state index in [2.05, 4.69) is 21.5 Å². The van der Waals surface area contributed by atoms with Crippen LogP contribution in [0.3, 0.4) is 0 Å². The zero-order valence-electron chi connectivity index (χ0n) is 11.4. The molecule has 0 aliphatic carbocycles. The number of aromatic nitrogens is 4. The van der Waals surface area contributed by atoms with Gasteiger partial charge in [0.25, 0.3) is 5.91 Å². The fraction of sp³-hybridized carbons (Fsp3) is 0.429. The molecule has 3 heterocycles. The lowest BCUT2D eigenvalue weighted by Crippen LogP contribution is -2.39. The second-order valence-electron chi connectivity index (χ2n) is 5.15. The van der Waals surface area contributed by atoms with Crippen LogP contribution in [0.1, 0.15) is 34.8 Å². The number of rotatable bonds is 2. The van der Waals surface area contributed by atoms with Gasteiger partial charge in [-0.05, 0) is 31.4 Å². The van der Waals surface area contributed by atoms with Gasteiger partial charge in [-0.1, -0.05) is 0 Å². The van der Waals surface area contributed by atoms with Crippen molar-refractivity contribution in [3.05, 3.63) is 42.0 Å². The van der Waals surface area contributed by atoms with Crippen molar-refractivity contribution in [2.75, 3.05) is 13.1 Å². The van der Waals surface area contributed by atoms with Gasteiger partial charge in [0.15, 0.2) is 0 Å². The molecule has 2 aromatic rings. The van der Waals surface area contributed by atoms with Crippen LogP contribution in [0.15, 0.2) is 30.9 Å². The summed E-state index contributed by atoms with van der Waals surface area (Å²) in [5, 5.41) is 11.8. The Kier molecular flexibility index (Phi) is 3.45. The molecule has 0 aromatic carbocycles. The van der Waals surface area contributed by atoms with Crippen molar-refractivity contribution in [1.82, 2.24) is 24.9 Å². The monoisotopic (exact) mass is 271 g/mol. The third-order valence-electron chi connectivity index (χ3n) is 3.69. The van der Waals surface area contributed by atoms with Crippen molar-refractivity contribution in [3.8, 4) is 0 Å². The van der Waals surface area contributed by atoms with Crippen LogP contribution in [0.5, 0.6) is 0 Å². The fourth-order valence-electron chi connectivity index (χ4n) is 2.57. The molecule has 3 rings (SSSR count). The summed E-state index contributed by atoms with van der Waals surface area (Å²) < 4.78 is 2.02. The van der Waals surface area contributed by atoms with E-state index in [0.29, 0.717) is 11.6 Å². The second kappa shape index (κ2) is 5.40. The summed E-state index contributed by atoms with van der Waals surface area (Å²) in [7, 11) is 0. The molecule has 6 nitrogen and oxygen atoms in total. The molecule has 0 atom stereocenters. The zero-order chi connectivity index (χ0) is 13.9. The Balaban J connectivity index is 1.63. The van der Waals surface area contributed by atoms with Crippen molar-refractivity contribution < 1.29 is 4.79 Å². The van der Waals surface area contributed by atoms with Gasteiger partial charge in [0.05, 0.1) is 30.2 Å². The third-order valence-corrected chi connectivity index (χ3v) is 3.69. The minimum atomic E-state index is 0.0370. The van der Waals surface area contributed by atoms with Gasteiger partial charge in [-0.2, -0.15) is 15.3 Å². The van der Waals surface area contributed by atoms with E-state index in [0.717, 1.165) is 25.9 Å². The molecule has 1 fully saturated rings. The van der Waals surface area contributed by atoms with Gasteiger partial charge in [-0.15, -0.1) is 0 Å². The van der Waals surface area contributed by atoms with Crippen molar-refractivity contribution in [1.29, 1.82) is 0 Å². The normalized spacial score (nSPS) is 16.4. The number of aryl methyl sites for hydroxylation is 1. The molecule has 1 amide bonds. The van der Waals surface area contributed by atoms with Crippen molar-refractivity contribution in [2.45, 2.75) is 25.8 Å². The highest BCUT2D eigenvalue weighted by molar-refractivity contribution is 5.93. The predicted octanol–water partition coefficient (Wildman–Crippen LogP) is 1.46. The molecule has 0 bridgehead atoms. The first-order chi connectivity index (χ1) is 9.74. The third kappa shape index (κ3) is 2.54. The lowest BCUT2D eigenvalue weighted by Gasteiger charge is -2.32. The number of amides is 1. The van der Waals surface area contributed by atoms with E-state index in [1.54, 1.807) is 12.3 Å². The molecular weight excluding hydrogens is 254 g/mol. The highest BCUT2D eigenvalue weighted by atomic mass is 16.2. The summed E-state index contributed by atoms with van der Waals surface area (Å²) in [5.74, 6) is 0.0370. The minimum Gasteiger partial charge on any atom is -0.338 e. The Morgan fingerprint density at radius 1 is 1.25 bits per heavy atom. The number of likely N-dealkylation sites (tertiary alicyclic amines) is 1. The molecule has 0 saturated carbocycles. The van der Waals surface area contributed by atoms with E-state index >= 15 is 0 Å². The molecular formula is C14H17N5O. The van der Waals surface area contributed by atoms with Crippen LogP contribution >= 0.6 is 0 Å². The molecule has 20 heavy (non-hydrogen) atoms. The van der Waals surface area contributed by atoms with Crippen LogP contribution in [-0.2, 0) is 0 Å². The molecule has 1 aliphatic rings. The second-order valence-corrected chi connectivity index (χ2v) is 5.15. The summed E-state index contributed by atoms with van der Waals surface area (Å²) in [6.45, 7) is 3.55. The zero-order valence-corrected chi connectivity index (χ0v) is 11.4. The first-order valence-corrected chi connectivity index (χ1v) is 6.81. The molecule has 0 N–H and O–H groups in total. The maximum Gasteiger partial charge on any atom is 0.255 e. The summed E-state index contributed by atoms with van der Waals surface area (Å²) in [4.78, 5) is 14.2. The number of piperidine rings is 1. The maximum atomic E-state index is 12.3. The molecule has 0 spiro atoms. The van der Waals surface area contributed by atoms with E-state index in [1.807, 2.05) is 22.7 Å². The van der Waals surface area contributed by atoms with Gasteiger partial charge in [-0.25, -0.2) is 0 Å². The molecule has 104 valence electrons. The van der Waals surface area contributed by atoms with Crippen LogP contribution in [0.2, 0.25) is 0 Å². The van der Waals surface area contributed by atoms with Gasteiger partial charge in [-0.3, -0.25) is 9.48 Å². The first-order valence-electron chi connectivity index (χ1n) is 6.81. The lowest BCUT2D eigenvalue weighted by molar-refractivity contribution is 0.0689. The smallest absolute Gasteiger partial charge is 0.255 e. The minimum absolute atomic E-state index is 0.0370. The summed E-state index contributed by atoms with van der Waals surface area (Å²) in [5.41, 5.74) is 1.78. The first kappa shape index (κ1) is 12.8. The summed E-state index contributed by atoms with van der Waals surface area (Å²) >= 11 is 0. The Labute approximate surface area is 117 Å². The summed E-state index contributed by atoms with van der Waals surface area (Å²) in [6, 6.07) is 2.10. The molecule has 1 saturated heterocycles. The van der Waals surface area contributed by atoms with Crippen molar-refractivity contribution in [3.63, 3.8) is 0 Å². The summed E-state index contributed by atoms with van der Waals surface area (Å²) in [6.07, 6.45) is 8.88. The quantitative estimate of drug-likeness (QED) is 0.829. The fourth-order valence-corrected chi connectivity index (χ4v) is 2.57. The molecule has 0 radical (unpaired) electrons. The van der Waals surface area contributed by atoms with Gasteiger partial charge < -0.3 is 4.90 Å². The van der Waals surface area contributed by atoms with E-state index in [9.17, 15) is 4.79 Å².